The Kier molecular flexibility index (Phi) is 4.79. The molecule has 0 bridgehead atoms. The average Bonchev–Trinajstić information content (AvgIpc) is 3.35. The van der Waals surface area contributed by atoms with Gasteiger partial charge in [-0.1, -0.05) is 30.3 Å². The third kappa shape index (κ3) is 3.17. The van der Waals surface area contributed by atoms with Gasteiger partial charge in [-0.25, -0.2) is 4.79 Å². The van der Waals surface area contributed by atoms with E-state index in [4.69, 9.17) is 9.15 Å². The first kappa shape index (κ1) is 18.9. The Morgan fingerprint density at radius 1 is 1.10 bits per heavy atom. The first-order chi connectivity index (χ1) is 14.7. The maximum atomic E-state index is 13.0. The van der Waals surface area contributed by atoms with Crippen LogP contribution in [0.15, 0.2) is 46.9 Å². The number of ether oxygens (including phenoxy) is 1. The minimum absolute atomic E-state index is 0.225. The highest BCUT2D eigenvalue weighted by molar-refractivity contribution is 7.17. The third-order valence-corrected chi connectivity index (χ3v) is 6.73. The predicted octanol–water partition coefficient (Wildman–Crippen LogP) is 5.96. The number of carbonyl (C=O) groups is 2. The molecule has 0 spiro atoms. The van der Waals surface area contributed by atoms with Gasteiger partial charge in [0, 0.05) is 10.3 Å². The Morgan fingerprint density at radius 2 is 1.93 bits per heavy atom. The van der Waals surface area contributed by atoms with Gasteiger partial charge in [0.15, 0.2) is 5.76 Å². The lowest BCUT2D eigenvalue weighted by molar-refractivity contribution is 0.0526. The highest BCUT2D eigenvalue weighted by atomic mass is 32.1. The van der Waals surface area contributed by atoms with Crippen LogP contribution in [0.5, 0.6) is 0 Å². The van der Waals surface area contributed by atoms with Crippen molar-refractivity contribution in [1.29, 1.82) is 0 Å². The van der Waals surface area contributed by atoms with Crippen LogP contribution in [0.2, 0.25) is 0 Å². The zero-order chi connectivity index (χ0) is 20.7. The maximum absolute atomic E-state index is 13.0. The third-order valence-electron chi connectivity index (χ3n) is 5.53. The van der Waals surface area contributed by atoms with E-state index in [1.54, 1.807) is 13.0 Å². The van der Waals surface area contributed by atoms with Gasteiger partial charge in [0.25, 0.3) is 5.91 Å². The first-order valence-electron chi connectivity index (χ1n) is 10.2. The molecule has 4 aromatic rings. The van der Waals surface area contributed by atoms with E-state index >= 15 is 0 Å². The number of aryl methyl sites for hydroxylation is 1. The number of carbonyl (C=O) groups excluding carboxylic acids is 2. The quantitative estimate of drug-likeness (QED) is 0.415. The van der Waals surface area contributed by atoms with Crippen LogP contribution in [0.1, 0.15) is 51.1 Å². The molecule has 5 rings (SSSR count). The molecule has 0 aliphatic heterocycles. The minimum Gasteiger partial charge on any atom is -0.462 e. The number of furan rings is 1. The zero-order valence-corrected chi connectivity index (χ0v) is 17.4. The topological polar surface area (TPSA) is 68.5 Å². The smallest absolute Gasteiger partial charge is 0.341 e. The number of benzene rings is 2. The van der Waals surface area contributed by atoms with E-state index in [9.17, 15) is 9.59 Å². The molecule has 1 amide bonds. The number of esters is 1. The molecule has 0 fully saturated rings. The van der Waals surface area contributed by atoms with Gasteiger partial charge >= 0.3 is 5.97 Å². The molecule has 0 radical (unpaired) electrons. The molecule has 2 aromatic heterocycles. The van der Waals surface area contributed by atoms with Gasteiger partial charge in [-0.2, -0.15) is 0 Å². The van der Waals surface area contributed by atoms with Gasteiger partial charge in [-0.3, -0.25) is 4.79 Å². The van der Waals surface area contributed by atoms with Gasteiger partial charge in [-0.15, -0.1) is 11.3 Å². The molecule has 0 saturated carbocycles. The van der Waals surface area contributed by atoms with E-state index in [1.165, 1.54) is 11.3 Å². The summed E-state index contributed by atoms with van der Waals surface area (Å²) < 4.78 is 11.1. The van der Waals surface area contributed by atoms with Crippen molar-refractivity contribution in [3.63, 3.8) is 0 Å². The number of anilines is 1. The van der Waals surface area contributed by atoms with Gasteiger partial charge < -0.3 is 14.5 Å². The largest absolute Gasteiger partial charge is 0.462 e. The lowest BCUT2D eigenvalue weighted by atomic mass is 9.95. The number of nitrogens with one attached hydrogen (secondary N) is 1. The fourth-order valence-corrected chi connectivity index (χ4v) is 5.41. The summed E-state index contributed by atoms with van der Waals surface area (Å²) in [6, 6.07) is 13.6. The number of fused-ring (bicyclic) bond motifs is 4. The van der Waals surface area contributed by atoms with Crippen LogP contribution in [0.25, 0.3) is 21.7 Å². The minimum atomic E-state index is -0.372. The van der Waals surface area contributed by atoms with Gasteiger partial charge in [0.2, 0.25) is 0 Å². The number of amides is 1. The van der Waals surface area contributed by atoms with Crippen LogP contribution < -0.4 is 5.32 Å². The van der Waals surface area contributed by atoms with E-state index in [1.807, 2.05) is 36.4 Å². The fourth-order valence-electron chi connectivity index (χ4n) is 4.14. The van der Waals surface area contributed by atoms with Crippen molar-refractivity contribution in [3.8, 4) is 0 Å². The summed E-state index contributed by atoms with van der Waals surface area (Å²) in [5.74, 6) is -0.509. The Labute approximate surface area is 177 Å². The van der Waals surface area contributed by atoms with E-state index in [2.05, 4.69) is 5.32 Å². The summed E-state index contributed by atoms with van der Waals surface area (Å²) in [6.07, 6.45) is 3.91. The number of thiophene rings is 1. The summed E-state index contributed by atoms with van der Waals surface area (Å²) in [6.45, 7) is 2.08. The van der Waals surface area contributed by atoms with Crippen molar-refractivity contribution in [2.24, 2.45) is 0 Å². The lowest BCUT2D eigenvalue weighted by Gasteiger charge is -2.12. The van der Waals surface area contributed by atoms with E-state index in [0.29, 0.717) is 22.8 Å². The molecule has 152 valence electrons. The van der Waals surface area contributed by atoms with Gasteiger partial charge in [0.05, 0.1) is 12.2 Å². The molecule has 30 heavy (non-hydrogen) atoms. The molecule has 5 nitrogen and oxygen atoms in total. The second-order valence-electron chi connectivity index (χ2n) is 7.40. The Hall–Kier alpha value is -3.12. The average molecular weight is 420 g/mol. The van der Waals surface area contributed by atoms with Crippen molar-refractivity contribution in [2.75, 3.05) is 11.9 Å². The van der Waals surface area contributed by atoms with Crippen LogP contribution in [0, 0.1) is 0 Å². The van der Waals surface area contributed by atoms with Gasteiger partial charge in [0.1, 0.15) is 10.6 Å². The molecule has 6 heteroatoms. The summed E-state index contributed by atoms with van der Waals surface area (Å²) in [5.41, 5.74) is 2.19. The number of rotatable bonds is 4. The van der Waals surface area contributed by atoms with E-state index < -0.39 is 0 Å². The molecular weight excluding hydrogens is 398 g/mol. The van der Waals surface area contributed by atoms with Crippen molar-refractivity contribution in [1.82, 2.24) is 0 Å². The molecule has 0 unspecified atom stereocenters. The van der Waals surface area contributed by atoms with Gasteiger partial charge in [-0.05, 0) is 61.1 Å². The van der Waals surface area contributed by atoms with Crippen LogP contribution in [-0.2, 0) is 17.6 Å². The summed E-state index contributed by atoms with van der Waals surface area (Å²) >= 11 is 1.47. The van der Waals surface area contributed by atoms with E-state index in [-0.39, 0.29) is 17.6 Å². The molecular formula is C24H21NO4S. The lowest BCUT2D eigenvalue weighted by Crippen LogP contribution is -2.15. The molecule has 1 aliphatic carbocycles. The summed E-state index contributed by atoms with van der Waals surface area (Å²) in [5, 5.41) is 6.50. The number of hydrogen-bond donors (Lipinski definition) is 1. The zero-order valence-electron chi connectivity index (χ0n) is 16.6. The monoisotopic (exact) mass is 419 g/mol. The number of hydrogen-bond acceptors (Lipinski definition) is 5. The normalized spacial score (nSPS) is 13.4. The molecule has 1 N–H and O–H groups in total. The van der Waals surface area contributed by atoms with Crippen LogP contribution in [0.3, 0.4) is 0 Å². The molecule has 2 aromatic carbocycles. The van der Waals surface area contributed by atoms with Crippen molar-refractivity contribution in [3.05, 3.63) is 64.2 Å². The maximum Gasteiger partial charge on any atom is 0.341 e. The van der Waals surface area contributed by atoms with E-state index in [0.717, 1.165) is 52.3 Å². The van der Waals surface area contributed by atoms with Crippen molar-refractivity contribution < 1.29 is 18.7 Å². The Balaban J connectivity index is 1.52. The van der Waals surface area contributed by atoms with Crippen molar-refractivity contribution >= 4 is 50.0 Å². The fraction of sp³-hybridized carbons (Fsp3) is 0.250. The van der Waals surface area contributed by atoms with Crippen LogP contribution >= 0.6 is 11.3 Å². The second kappa shape index (κ2) is 7.61. The Morgan fingerprint density at radius 3 is 2.80 bits per heavy atom. The molecule has 0 atom stereocenters. The molecule has 2 heterocycles. The SMILES string of the molecule is CCOC(=O)c1c(NC(=O)c2cc3c(ccc4ccccc43)o2)sc2c1CCCC2. The molecule has 1 aliphatic rings. The standard InChI is InChI=1S/C24H21NO4S/c1-2-28-24(27)21-16-9-5-6-10-20(16)30-23(21)25-22(26)19-13-17-15-8-4-3-7-14(15)11-12-18(17)29-19/h3-4,7-8,11-13H,2,5-6,9-10H2,1H3,(H,25,26). The van der Waals surface area contributed by atoms with Crippen molar-refractivity contribution in [2.45, 2.75) is 32.6 Å². The summed E-state index contributed by atoms with van der Waals surface area (Å²) in [7, 11) is 0. The van der Waals surface area contributed by atoms with Crippen LogP contribution in [-0.4, -0.2) is 18.5 Å². The predicted molar refractivity (Wildman–Crippen MR) is 119 cm³/mol. The summed E-state index contributed by atoms with van der Waals surface area (Å²) in [4.78, 5) is 26.8. The first-order valence-corrected chi connectivity index (χ1v) is 11.0. The van der Waals surface area contributed by atoms with Crippen LogP contribution in [0.4, 0.5) is 5.00 Å². The highest BCUT2D eigenvalue weighted by Gasteiger charge is 2.28. The second-order valence-corrected chi connectivity index (χ2v) is 8.50. The Bertz CT molecular complexity index is 1280. The highest BCUT2D eigenvalue weighted by Crippen LogP contribution is 2.39. The molecule has 0 saturated heterocycles.